The van der Waals surface area contributed by atoms with E-state index in [0.29, 0.717) is 37.6 Å². The quantitative estimate of drug-likeness (QED) is 0.768. The maximum atomic E-state index is 14.0. The van der Waals surface area contributed by atoms with Crippen LogP contribution in [0.25, 0.3) is 0 Å². The fourth-order valence-electron chi connectivity index (χ4n) is 3.26. The highest BCUT2D eigenvalue weighted by Crippen LogP contribution is 2.25. The highest BCUT2D eigenvalue weighted by atomic mass is 19.1. The number of anilines is 1. The predicted molar refractivity (Wildman–Crippen MR) is 98.7 cm³/mol. The molecule has 7 nitrogen and oxygen atoms in total. The molecule has 2 aromatic rings. The second-order valence-electron chi connectivity index (χ2n) is 6.29. The Kier molecular flexibility index (Phi) is 6.08. The number of hydrogen-bond acceptors (Lipinski definition) is 5. The molecule has 2 heterocycles. The summed E-state index contributed by atoms with van der Waals surface area (Å²) in [4.78, 5) is 27.4. The van der Waals surface area contributed by atoms with Gasteiger partial charge in [-0.15, -0.1) is 0 Å². The lowest BCUT2D eigenvalue weighted by Crippen LogP contribution is -2.50. The summed E-state index contributed by atoms with van der Waals surface area (Å²) in [7, 11) is 1.41. The minimum absolute atomic E-state index is 0.198. The minimum Gasteiger partial charge on any atom is -0.468 e. The Labute approximate surface area is 157 Å². The number of nitrogens with one attached hydrogen (secondary N) is 2. The lowest BCUT2D eigenvalue weighted by molar-refractivity contribution is -0.139. The summed E-state index contributed by atoms with van der Waals surface area (Å²) < 4.78 is 19.5. The molecule has 8 heteroatoms. The molecule has 2 N–H and O–H groups in total. The first-order valence-corrected chi connectivity index (χ1v) is 8.87. The summed E-state index contributed by atoms with van der Waals surface area (Å²) in [6.07, 6.45) is 1.58. The van der Waals surface area contributed by atoms with Crippen molar-refractivity contribution in [3.63, 3.8) is 0 Å². The van der Waals surface area contributed by atoms with Gasteiger partial charge in [0.1, 0.15) is 11.6 Å². The number of halogens is 1. The number of para-hydroxylation sites is 1. The van der Waals surface area contributed by atoms with E-state index >= 15 is 0 Å². The van der Waals surface area contributed by atoms with E-state index in [0.717, 1.165) is 0 Å². The zero-order valence-electron chi connectivity index (χ0n) is 15.2. The average molecular weight is 374 g/mol. The summed E-state index contributed by atoms with van der Waals surface area (Å²) in [5.74, 6) is -0.880. The number of benzene rings is 1. The van der Waals surface area contributed by atoms with Gasteiger partial charge in [-0.25, -0.2) is 4.39 Å². The molecule has 3 rings (SSSR count). The van der Waals surface area contributed by atoms with Gasteiger partial charge in [0.2, 0.25) is 0 Å². The smallest absolute Gasteiger partial charge is 0.309 e. The van der Waals surface area contributed by atoms with Crippen molar-refractivity contribution in [3.8, 4) is 0 Å². The Morgan fingerprint density at radius 1 is 1.11 bits per heavy atom. The number of nitrogens with zero attached hydrogens (tertiary/aromatic N) is 2. The van der Waals surface area contributed by atoms with Crippen molar-refractivity contribution < 1.29 is 18.4 Å². The molecule has 0 unspecified atom stereocenters. The van der Waals surface area contributed by atoms with Crippen LogP contribution in [0.4, 0.5) is 10.1 Å². The zero-order valence-corrected chi connectivity index (χ0v) is 15.2. The number of furan rings is 1. The maximum absolute atomic E-state index is 14.0. The van der Waals surface area contributed by atoms with Gasteiger partial charge in [0.15, 0.2) is 0 Å². The molecule has 1 atom stereocenters. The molecule has 27 heavy (non-hydrogen) atoms. The van der Waals surface area contributed by atoms with Crippen molar-refractivity contribution in [2.24, 2.45) is 0 Å². The van der Waals surface area contributed by atoms with Crippen LogP contribution in [0, 0.1) is 5.82 Å². The summed E-state index contributed by atoms with van der Waals surface area (Å²) in [6, 6.07) is 10.2. The molecule has 1 aliphatic heterocycles. The van der Waals surface area contributed by atoms with E-state index in [9.17, 15) is 14.0 Å². The number of piperazine rings is 1. The van der Waals surface area contributed by atoms with E-state index in [2.05, 4.69) is 15.5 Å². The average Bonchev–Trinajstić information content (AvgIpc) is 3.23. The fraction of sp³-hybridized carbons (Fsp3) is 0.368. The first-order chi connectivity index (χ1) is 13.1. The van der Waals surface area contributed by atoms with E-state index in [1.54, 1.807) is 24.5 Å². The van der Waals surface area contributed by atoms with Crippen molar-refractivity contribution in [2.45, 2.75) is 6.04 Å². The van der Waals surface area contributed by atoms with Gasteiger partial charge in [-0.2, -0.15) is 0 Å². The van der Waals surface area contributed by atoms with Crippen molar-refractivity contribution in [1.82, 2.24) is 15.5 Å². The van der Waals surface area contributed by atoms with E-state index in [1.807, 2.05) is 17.0 Å². The van der Waals surface area contributed by atoms with Crippen LogP contribution in [0.1, 0.15) is 11.8 Å². The van der Waals surface area contributed by atoms with Gasteiger partial charge < -0.3 is 20.0 Å². The third-order valence-electron chi connectivity index (χ3n) is 4.71. The van der Waals surface area contributed by atoms with Crippen molar-refractivity contribution >= 4 is 17.5 Å². The number of carbonyl (C=O) groups is 2. The molecule has 1 saturated heterocycles. The Bertz CT molecular complexity index is 773. The summed E-state index contributed by atoms with van der Waals surface area (Å²) in [6.45, 7) is 2.91. The monoisotopic (exact) mass is 374 g/mol. The third kappa shape index (κ3) is 4.46. The van der Waals surface area contributed by atoms with Gasteiger partial charge in [0.05, 0.1) is 18.0 Å². The third-order valence-corrected chi connectivity index (χ3v) is 4.71. The van der Waals surface area contributed by atoms with Crippen molar-refractivity contribution in [2.75, 3.05) is 44.7 Å². The van der Waals surface area contributed by atoms with Gasteiger partial charge in [-0.3, -0.25) is 14.5 Å². The highest BCUT2D eigenvalue weighted by Gasteiger charge is 2.28. The molecule has 1 aromatic heterocycles. The number of likely N-dealkylation sites (N-methyl/N-ethyl adjacent to an activating group) is 1. The van der Waals surface area contributed by atoms with E-state index in [4.69, 9.17) is 4.42 Å². The van der Waals surface area contributed by atoms with Gasteiger partial charge in [0.25, 0.3) is 0 Å². The topological polar surface area (TPSA) is 77.8 Å². The summed E-state index contributed by atoms with van der Waals surface area (Å²) in [5.41, 5.74) is 0.597. The molecule has 0 bridgehead atoms. The summed E-state index contributed by atoms with van der Waals surface area (Å²) in [5, 5.41) is 4.95. The molecule has 0 aliphatic carbocycles. The molecule has 144 valence electrons. The second kappa shape index (κ2) is 8.68. The first-order valence-electron chi connectivity index (χ1n) is 8.87. The van der Waals surface area contributed by atoms with Gasteiger partial charge in [-0.05, 0) is 24.3 Å². The van der Waals surface area contributed by atoms with Gasteiger partial charge in [-0.1, -0.05) is 12.1 Å². The minimum atomic E-state index is -0.683. The van der Waals surface area contributed by atoms with Crippen LogP contribution in [0.5, 0.6) is 0 Å². The molecular formula is C19H23FN4O3. The van der Waals surface area contributed by atoms with E-state index < -0.39 is 11.8 Å². The number of rotatable bonds is 5. The van der Waals surface area contributed by atoms with E-state index in [1.165, 1.54) is 13.1 Å². The predicted octanol–water partition coefficient (Wildman–Crippen LogP) is 1.14. The maximum Gasteiger partial charge on any atom is 0.309 e. The summed E-state index contributed by atoms with van der Waals surface area (Å²) >= 11 is 0. The molecular weight excluding hydrogens is 351 g/mol. The van der Waals surface area contributed by atoms with Crippen LogP contribution >= 0.6 is 0 Å². The number of carbonyl (C=O) groups excluding carboxylic acids is 2. The molecule has 1 fully saturated rings. The SMILES string of the molecule is CNC(=O)C(=O)NC[C@@H](c1ccco1)N1CCN(c2ccccc2F)CC1. The van der Waals surface area contributed by atoms with Gasteiger partial charge in [0, 0.05) is 39.8 Å². The van der Waals surface area contributed by atoms with Crippen LogP contribution in [0.2, 0.25) is 0 Å². The van der Waals surface area contributed by atoms with Crippen LogP contribution in [0.15, 0.2) is 47.1 Å². The molecule has 1 aliphatic rings. The Morgan fingerprint density at radius 2 is 1.85 bits per heavy atom. The molecule has 0 saturated carbocycles. The Balaban J connectivity index is 1.65. The molecule has 0 radical (unpaired) electrons. The Hall–Kier alpha value is -2.87. The van der Waals surface area contributed by atoms with Crippen LogP contribution in [-0.2, 0) is 9.59 Å². The van der Waals surface area contributed by atoms with Gasteiger partial charge >= 0.3 is 11.8 Å². The Morgan fingerprint density at radius 3 is 2.48 bits per heavy atom. The van der Waals surface area contributed by atoms with E-state index in [-0.39, 0.29) is 18.4 Å². The van der Waals surface area contributed by atoms with Crippen LogP contribution < -0.4 is 15.5 Å². The zero-order chi connectivity index (χ0) is 19.2. The standard InChI is InChI=1S/C19H23FN4O3/c1-21-18(25)19(26)22-13-16(17-7-4-12-27-17)24-10-8-23(9-11-24)15-6-3-2-5-14(15)20/h2-7,12,16H,8-11,13H2,1H3,(H,21,25)(H,22,26)/t16-/m0/s1. The van der Waals surface area contributed by atoms with Crippen LogP contribution in [-0.4, -0.2) is 56.5 Å². The number of hydrogen-bond donors (Lipinski definition) is 2. The second-order valence-corrected chi connectivity index (χ2v) is 6.29. The first kappa shape index (κ1) is 18.9. The molecule has 1 aromatic carbocycles. The fourth-order valence-corrected chi connectivity index (χ4v) is 3.26. The number of amides is 2. The van der Waals surface area contributed by atoms with Crippen molar-refractivity contribution in [1.29, 1.82) is 0 Å². The normalized spacial score (nSPS) is 16.0. The largest absolute Gasteiger partial charge is 0.468 e. The van der Waals surface area contributed by atoms with Crippen LogP contribution in [0.3, 0.4) is 0 Å². The highest BCUT2D eigenvalue weighted by molar-refractivity contribution is 6.35. The molecule has 0 spiro atoms. The molecule has 2 amide bonds. The lowest BCUT2D eigenvalue weighted by Gasteiger charge is -2.39. The van der Waals surface area contributed by atoms with Crippen molar-refractivity contribution in [3.05, 3.63) is 54.2 Å². The lowest BCUT2D eigenvalue weighted by atomic mass is 10.1.